The van der Waals surface area contributed by atoms with Crippen molar-refractivity contribution in [2.45, 2.75) is 38.3 Å². The van der Waals surface area contributed by atoms with Crippen LogP contribution in [-0.4, -0.2) is 17.8 Å². The molecule has 2 N–H and O–H groups in total. The van der Waals surface area contributed by atoms with Crippen molar-refractivity contribution in [2.75, 3.05) is 6.61 Å². The van der Waals surface area contributed by atoms with Crippen molar-refractivity contribution in [1.29, 1.82) is 0 Å². The first-order valence-electron chi connectivity index (χ1n) is 6.27. The second-order valence-electron chi connectivity index (χ2n) is 4.66. The zero-order chi connectivity index (χ0) is 11.4. The smallest absolute Gasteiger partial charge is 0.0626 e. The summed E-state index contributed by atoms with van der Waals surface area (Å²) in [6, 6.07) is 10.9. The maximum Gasteiger partial charge on any atom is 0.0626 e. The second-order valence-corrected chi connectivity index (χ2v) is 4.66. The van der Waals surface area contributed by atoms with Gasteiger partial charge < -0.3 is 10.4 Å². The highest BCUT2D eigenvalue weighted by Gasteiger charge is 2.31. The third-order valence-corrected chi connectivity index (χ3v) is 3.43. The van der Waals surface area contributed by atoms with E-state index >= 15 is 0 Å². The Morgan fingerprint density at radius 2 is 2.00 bits per heavy atom. The molecule has 1 aliphatic carbocycles. The molecule has 1 fully saturated rings. The normalized spacial score (nSPS) is 19.4. The minimum absolute atomic E-state index is 0.0896. The summed E-state index contributed by atoms with van der Waals surface area (Å²) in [6.07, 6.45) is 3.84. The Morgan fingerprint density at radius 3 is 2.50 bits per heavy atom. The van der Waals surface area contributed by atoms with Crippen molar-refractivity contribution >= 4 is 0 Å². The van der Waals surface area contributed by atoms with E-state index in [0.717, 1.165) is 12.3 Å². The Hall–Kier alpha value is -0.860. The summed E-state index contributed by atoms with van der Waals surface area (Å²) < 4.78 is 0. The summed E-state index contributed by atoms with van der Waals surface area (Å²) in [5.74, 6) is 0.836. The molecule has 0 saturated heterocycles. The van der Waals surface area contributed by atoms with Crippen molar-refractivity contribution in [3.63, 3.8) is 0 Å². The van der Waals surface area contributed by atoms with E-state index < -0.39 is 0 Å². The maximum atomic E-state index is 9.46. The monoisotopic (exact) mass is 219 g/mol. The molecule has 0 bridgehead atoms. The van der Waals surface area contributed by atoms with E-state index in [2.05, 4.69) is 24.4 Å². The zero-order valence-corrected chi connectivity index (χ0v) is 9.89. The Labute approximate surface area is 97.7 Å². The number of hydrogen-bond acceptors (Lipinski definition) is 2. The molecular weight excluding hydrogens is 198 g/mol. The maximum absolute atomic E-state index is 9.46. The highest BCUT2D eigenvalue weighted by Crippen LogP contribution is 2.35. The first kappa shape index (κ1) is 11.6. The molecule has 2 atom stereocenters. The van der Waals surface area contributed by atoms with Crippen molar-refractivity contribution in [3.8, 4) is 0 Å². The molecular formula is C14H21NO. The van der Waals surface area contributed by atoms with Crippen molar-refractivity contribution in [3.05, 3.63) is 35.9 Å². The quantitative estimate of drug-likeness (QED) is 0.770. The molecule has 1 saturated carbocycles. The predicted molar refractivity (Wildman–Crippen MR) is 66.2 cm³/mol. The molecule has 1 unspecified atom stereocenters. The van der Waals surface area contributed by atoms with Crippen LogP contribution in [0.15, 0.2) is 30.3 Å². The standard InChI is InChI=1S/C14H21NO/c1-2-13(12-8-9-12)15-14(10-16)11-6-4-3-5-7-11/h3-7,12-16H,2,8-10H2,1H3/t13?,14-/m1/s1. The summed E-state index contributed by atoms with van der Waals surface area (Å²) in [6.45, 7) is 2.39. The van der Waals surface area contributed by atoms with Crippen LogP contribution in [0.3, 0.4) is 0 Å². The fraction of sp³-hybridized carbons (Fsp3) is 0.571. The number of nitrogens with one attached hydrogen (secondary N) is 1. The van der Waals surface area contributed by atoms with Gasteiger partial charge in [-0.15, -0.1) is 0 Å². The molecule has 2 rings (SSSR count). The average molecular weight is 219 g/mol. The fourth-order valence-electron chi connectivity index (χ4n) is 2.28. The second kappa shape index (κ2) is 5.46. The first-order chi connectivity index (χ1) is 7.85. The lowest BCUT2D eigenvalue weighted by Gasteiger charge is -2.24. The molecule has 2 nitrogen and oxygen atoms in total. The molecule has 0 amide bonds. The van der Waals surface area contributed by atoms with Crippen LogP contribution in [-0.2, 0) is 0 Å². The van der Waals surface area contributed by atoms with Gasteiger partial charge in [0.25, 0.3) is 0 Å². The van der Waals surface area contributed by atoms with Crippen LogP contribution < -0.4 is 5.32 Å². The van der Waals surface area contributed by atoms with Gasteiger partial charge in [0.2, 0.25) is 0 Å². The lowest BCUT2D eigenvalue weighted by Crippen LogP contribution is -2.35. The Morgan fingerprint density at radius 1 is 1.31 bits per heavy atom. The van der Waals surface area contributed by atoms with Crippen LogP contribution in [0.1, 0.15) is 37.8 Å². The van der Waals surface area contributed by atoms with Crippen LogP contribution in [0.2, 0.25) is 0 Å². The van der Waals surface area contributed by atoms with Gasteiger partial charge in [-0.3, -0.25) is 0 Å². The molecule has 1 aromatic rings. The highest BCUT2D eigenvalue weighted by molar-refractivity contribution is 5.19. The predicted octanol–water partition coefficient (Wildman–Crippen LogP) is 2.50. The lowest BCUT2D eigenvalue weighted by atomic mass is 10.0. The minimum atomic E-state index is 0.0896. The highest BCUT2D eigenvalue weighted by atomic mass is 16.3. The van der Waals surface area contributed by atoms with Crippen molar-refractivity contribution in [2.24, 2.45) is 5.92 Å². The van der Waals surface area contributed by atoms with Gasteiger partial charge in [-0.25, -0.2) is 0 Å². The van der Waals surface area contributed by atoms with E-state index in [0.29, 0.717) is 6.04 Å². The summed E-state index contributed by atoms with van der Waals surface area (Å²) in [5.41, 5.74) is 1.18. The van der Waals surface area contributed by atoms with Gasteiger partial charge >= 0.3 is 0 Å². The van der Waals surface area contributed by atoms with E-state index in [-0.39, 0.29) is 12.6 Å². The number of benzene rings is 1. The first-order valence-corrected chi connectivity index (χ1v) is 6.27. The molecule has 16 heavy (non-hydrogen) atoms. The fourth-order valence-corrected chi connectivity index (χ4v) is 2.28. The Bertz CT molecular complexity index is 308. The largest absolute Gasteiger partial charge is 0.394 e. The van der Waals surface area contributed by atoms with Gasteiger partial charge in [0.15, 0.2) is 0 Å². The average Bonchev–Trinajstić information content (AvgIpc) is 3.16. The van der Waals surface area contributed by atoms with E-state index in [1.807, 2.05) is 18.2 Å². The SMILES string of the molecule is CCC(N[C@H](CO)c1ccccc1)C1CC1. The molecule has 0 aliphatic heterocycles. The minimum Gasteiger partial charge on any atom is -0.394 e. The van der Waals surface area contributed by atoms with E-state index in [1.165, 1.54) is 18.4 Å². The van der Waals surface area contributed by atoms with Gasteiger partial charge in [-0.1, -0.05) is 37.3 Å². The Kier molecular flexibility index (Phi) is 3.97. The zero-order valence-electron chi connectivity index (χ0n) is 9.89. The molecule has 0 aromatic heterocycles. The van der Waals surface area contributed by atoms with Gasteiger partial charge in [0, 0.05) is 6.04 Å². The number of aliphatic hydroxyl groups is 1. The van der Waals surface area contributed by atoms with E-state index in [1.54, 1.807) is 0 Å². The molecule has 88 valence electrons. The number of aliphatic hydroxyl groups excluding tert-OH is 1. The van der Waals surface area contributed by atoms with E-state index in [4.69, 9.17) is 0 Å². The molecule has 1 aliphatic rings. The molecule has 2 heteroatoms. The van der Waals surface area contributed by atoms with Crippen molar-refractivity contribution in [1.82, 2.24) is 5.32 Å². The third-order valence-electron chi connectivity index (χ3n) is 3.43. The topological polar surface area (TPSA) is 32.3 Å². The summed E-state index contributed by atoms with van der Waals surface area (Å²) in [4.78, 5) is 0. The lowest BCUT2D eigenvalue weighted by molar-refractivity contribution is 0.226. The van der Waals surface area contributed by atoms with Crippen LogP contribution in [0, 0.1) is 5.92 Å². The van der Waals surface area contributed by atoms with Gasteiger partial charge in [0.05, 0.1) is 12.6 Å². The third kappa shape index (κ3) is 2.83. The Balaban J connectivity index is 1.99. The van der Waals surface area contributed by atoms with Crippen molar-refractivity contribution < 1.29 is 5.11 Å². The van der Waals surface area contributed by atoms with Crippen LogP contribution >= 0.6 is 0 Å². The number of hydrogen-bond donors (Lipinski definition) is 2. The number of rotatable bonds is 6. The molecule has 1 aromatic carbocycles. The molecule has 0 spiro atoms. The van der Waals surface area contributed by atoms with Gasteiger partial charge in [0.1, 0.15) is 0 Å². The summed E-state index contributed by atoms with van der Waals surface area (Å²) in [7, 11) is 0. The summed E-state index contributed by atoms with van der Waals surface area (Å²) in [5, 5.41) is 13.0. The molecule has 0 radical (unpaired) electrons. The van der Waals surface area contributed by atoms with Crippen LogP contribution in [0.25, 0.3) is 0 Å². The van der Waals surface area contributed by atoms with Crippen LogP contribution in [0.5, 0.6) is 0 Å². The summed E-state index contributed by atoms with van der Waals surface area (Å²) >= 11 is 0. The van der Waals surface area contributed by atoms with Gasteiger partial charge in [-0.05, 0) is 30.7 Å². The van der Waals surface area contributed by atoms with Crippen LogP contribution in [0.4, 0.5) is 0 Å². The van der Waals surface area contributed by atoms with Gasteiger partial charge in [-0.2, -0.15) is 0 Å². The van der Waals surface area contributed by atoms with E-state index in [9.17, 15) is 5.11 Å². The molecule has 0 heterocycles.